The first-order valence-corrected chi connectivity index (χ1v) is 5.36. The summed E-state index contributed by atoms with van der Waals surface area (Å²) in [6.07, 6.45) is 2.65. The summed E-state index contributed by atoms with van der Waals surface area (Å²) in [6.45, 7) is 10.9. The lowest BCUT2D eigenvalue weighted by molar-refractivity contribution is -0.00511. The van der Waals surface area contributed by atoms with Gasteiger partial charge in [0.2, 0.25) is 0 Å². The van der Waals surface area contributed by atoms with Gasteiger partial charge in [0.1, 0.15) is 0 Å². The van der Waals surface area contributed by atoms with Crippen LogP contribution in [0.2, 0.25) is 0 Å². The van der Waals surface area contributed by atoms with Gasteiger partial charge in [-0.3, -0.25) is 0 Å². The maximum Gasteiger partial charge on any atom is 0.0780 e. The molecular weight excluding hydrogens is 164 g/mol. The lowest BCUT2D eigenvalue weighted by atomic mass is 10.1. The van der Waals surface area contributed by atoms with Gasteiger partial charge in [0.15, 0.2) is 0 Å². The Balaban J connectivity index is 3.12. The summed E-state index contributed by atoms with van der Waals surface area (Å²) < 4.78 is 10.8. The van der Waals surface area contributed by atoms with Crippen molar-refractivity contribution in [2.24, 2.45) is 5.92 Å². The molecule has 0 fully saturated rings. The molecule has 1 atom stereocenters. The molecule has 0 rings (SSSR count). The predicted molar refractivity (Wildman–Crippen MR) is 56.0 cm³/mol. The zero-order valence-corrected chi connectivity index (χ0v) is 9.51. The topological polar surface area (TPSA) is 18.5 Å². The van der Waals surface area contributed by atoms with Gasteiger partial charge in [0.25, 0.3) is 0 Å². The fourth-order valence-electron chi connectivity index (χ4n) is 1.11. The maximum atomic E-state index is 5.57. The molecule has 0 aliphatic rings. The molecule has 0 saturated carbocycles. The van der Waals surface area contributed by atoms with E-state index in [0.717, 1.165) is 32.2 Å². The first kappa shape index (κ1) is 12.9. The van der Waals surface area contributed by atoms with Gasteiger partial charge < -0.3 is 9.47 Å². The molecule has 0 aromatic heterocycles. The minimum absolute atomic E-state index is 0.243. The predicted octanol–water partition coefficient (Wildman–Crippen LogP) is 2.86. The molecule has 0 aliphatic carbocycles. The Kier molecular flexibility index (Phi) is 8.46. The average molecular weight is 188 g/mol. The van der Waals surface area contributed by atoms with Crippen LogP contribution in [0.1, 0.15) is 40.5 Å². The average Bonchev–Trinajstić information content (AvgIpc) is 2.08. The van der Waals surface area contributed by atoms with E-state index in [-0.39, 0.29) is 6.10 Å². The van der Waals surface area contributed by atoms with Gasteiger partial charge in [-0.15, -0.1) is 0 Å². The van der Waals surface area contributed by atoms with Gasteiger partial charge in [-0.2, -0.15) is 0 Å². The van der Waals surface area contributed by atoms with E-state index in [1.54, 1.807) is 0 Å². The standard InChI is InChI=1S/C11H24O2/c1-5-12-9-11(4)13-8-6-7-10(2)3/h10-11H,5-9H2,1-4H3. The fraction of sp³-hybridized carbons (Fsp3) is 1.00. The van der Waals surface area contributed by atoms with Crippen LogP contribution in [0.5, 0.6) is 0 Å². The molecule has 80 valence electrons. The second-order valence-corrected chi connectivity index (χ2v) is 3.88. The van der Waals surface area contributed by atoms with Crippen molar-refractivity contribution in [3.8, 4) is 0 Å². The van der Waals surface area contributed by atoms with Gasteiger partial charge in [0, 0.05) is 13.2 Å². The normalized spacial score (nSPS) is 13.6. The third-order valence-electron chi connectivity index (χ3n) is 1.88. The highest BCUT2D eigenvalue weighted by Crippen LogP contribution is 2.04. The Morgan fingerprint density at radius 3 is 2.38 bits per heavy atom. The van der Waals surface area contributed by atoms with Crippen molar-refractivity contribution in [2.45, 2.75) is 46.6 Å². The molecule has 0 radical (unpaired) electrons. The smallest absolute Gasteiger partial charge is 0.0780 e. The van der Waals surface area contributed by atoms with Crippen molar-refractivity contribution in [2.75, 3.05) is 19.8 Å². The van der Waals surface area contributed by atoms with Gasteiger partial charge in [-0.25, -0.2) is 0 Å². The molecule has 2 nitrogen and oxygen atoms in total. The molecule has 0 heterocycles. The van der Waals surface area contributed by atoms with Crippen LogP contribution in [0, 0.1) is 5.92 Å². The molecule has 0 saturated heterocycles. The molecule has 0 spiro atoms. The summed E-state index contributed by atoms with van der Waals surface area (Å²) in [6, 6.07) is 0. The highest BCUT2D eigenvalue weighted by molar-refractivity contribution is 4.49. The summed E-state index contributed by atoms with van der Waals surface area (Å²) in [5.74, 6) is 0.783. The summed E-state index contributed by atoms with van der Waals surface area (Å²) in [5, 5.41) is 0. The minimum Gasteiger partial charge on any atom is -0.379 e. The Hall–Kier alpha value is -0.0800. The molecule has 0 aliphatic heterocycles. The van der Waals surface area contributed by atoms with Crippen molar-refractivity contribution in [3.63, 3.8) is 0 Å². The second-order valence-electron chi connectivity index (χ2n) is 3.88. The molecule has 1 unspecified atom stereocenters. The third-order valence-corrected chi connectivity index (χ3v) is 1.88. The van der Waals surface area contributed by atoms with Crippen LogP contribution in [0.3, 0.4) is 0 Å². The van der Waals surface area contributed by atoms with E-state index in [0.29, 0.717) is 0 Å². The first-order chi connectivity index (χ1) is 6.16. The van der Waals surface area contributed by atoms with Crippen molar-refractivity contribution in [1.29, 1.82) is 0 Å². The molecule has 0 bridgehead atoms. The Labute approximate surface area is 82.6 Å². The van der Waals surface area contributed by atoms with Gasteiger partial charge in [0.05, 0.1) is 12.7 Å². The lowest BCUT2D eigenvalue weighted by Crippen LogP contribution is -2.16. The lowest BCUT2D eigenvalue weighted by Gasteiger charge is -2.13. The second kappa shape index (κ2) is 8.52. The van der Waals surface area contributed by atoms with E-state index >= 15 is 0 Å². The van der Waals surface area contributed by atoms with Crippen molar-refractivity contribution in [3.05, 3.63) is 0 Å². The van der Waals surface area contributed by atoms with Crippen LogP contribution in [-0.4, -0.2) is 25.9 Å². The van der Waals surface area contributed by atoms with Gasteiger partial charge in [-0.05, 0) is 32.6 Å². The van der Waals surface area contributed by atoms with Gasteiger partial charge >= 0.3 is 0 Å². The monoisotopic (exact) mass is 188 g/mol. The summed E-state index contributed by atoms with van der Waals surface area (Å²) in [7, 11) is 0. The van der Waals surface area contributed by atoms with E-state index in [2.05, 4.69) is 20.8 Å². The van der Waals surface area contributed by atoms with Crippen LogP contribution in [0.4, 0.5) is 0 Å². The number of rotatable bonds is 8. The zero-order chi connectivity index (χ0) is 10.1. The number of ether oxygens (including phenoxy) is 2. The van der Waals surface area contributed by atoms with Crippen LogP contribution >= 0.6 is 0 Å². The number of hydrogen-bond donors (Lipinski definition) is 0. The van der Waals surface area contributed by atoms with Crippen molar-refractivity contribution >= 4 is 0 Å². The molecule has 2 heteroatoms. The van der Waals surface area contributed by atoms with Crippen molar-refractivity contribution in [1.82, 2.24) is 0 Å². The molecule has 0 N–H and O–H groups in total. The zero-order valence-electron chi connectivity index (χ0n) is 9.51. The van der Waals surface area contributed by atoms with E-state index in [4.69, 9.17) is 9.47 Å². The quantitative estimate of drug-likeness (QED) is 0.545. The molecular formula is C11H24O2. The Morgan fingerprint density at radius 1 is 1.15 bits per heavy atom. The summed E-state index contributed by atoms with van der Waals surface area (Å²) >= 11 is 0. The Morgan fingerprint density at radius 2 is 1.85 bits per heavy atom. The van der Waals surface area contributed by atoms with Gasteiger partial charge in [-0.1, -0.05) is 13.8 Å². The third kappa shape index (κ3) is 9.84. The highest BCUT2D eigenvalue weighted by Gasteiger charge is 2.01. The van der Waals surface area contributed by atoms with Crippen LogP contribution in [-0.2, 0) is 9.47 Å². The first-order valence-electron chi connectivity index (χ1n) is 5.36. The van der Waals surface area contributed by atoms with E-state index in [1.165, 1.54) is 6.42 Å². The maximum absolute atomic E-state index is 5.57. The van der Waals surface area contributed by atoms with E-state index < -0.39 is 0 Å². The van der Waals surface area contributed by atoms with Crippen LogP contribution in [0.15, 0.2) is 0 Å². The van der Waals surface area contributed by atoms with Crippen LogP contribution in [0.25, 0.3) is 0 Å². The minimum atomic E-state index is 0.243. The summed E-state index contributed by atoms with van der Waals surface area (Å²) in [5.41, 5.74) is 0. The Bertz CT molecular complexity index is 102. The number of hydrogen-bond acceptors (Lipinski definition) is 2. The molecule has 0 amide bonds. The molecule has 0 aromatic rings. The summed E-state index contributed by atoms with van der Waals surface area (Å²) in [4.78, 5) is 0. The molecule has 13 heavy (non-hydrogen) atoms. The van der Waals surface area contributed by atoms with E-state index in [1.807, 2.05) is 6.92 Å². The largest absolute Gasteiger partial charge is 0.379 e. The van der Waals surface area contributed by atoms with Crippen LogP contribution < -0.4 is 0 Å². The molecule has 0 aromatic carbocycles. The van der Waals surface area contributed by atoms with Crippen molar-refractivity contribution < 1.29 is 9.47 Å². The highest BCUT2D eigenvalue weighted by atomic mass is 16.5. The van der Waals surface area contributed by atoms with E-state index in [9.17, 15) is 0 Å². The fourth-order valence-corrected chi connectivity index (χ4v) is 1.11. The SMILES string of the molecule is CCOCC(C)OCCCC(C)C.